The predicted molar refractivity (Wildman–Crippen MR) is 111 cm³/mol. The number of nitrogens with zero attached hydrogens (tertiary/aromatic N) is 3. The highest BCUT2D eigenvalue weighted by Crippen LogP contribution is 2.26. The fourth-order valence-corrected chi connectivity index (χ4v) is 3.29. The van der Waals surface area contributed by atoms with Crippen LogP contribution in [0.1, 0.15) is 45.8 Å². The lowest BCUT2D eigenvalue weighted by atomic mass is 10.0. The number of ether oxygens (including phenoxy) is 1. The first-order valence-corrected chi connectivity index (χ1v) is 9.65. The molecule has 8 heteroatoms. The lowest BCUT2D eigenvalue weighted by Gasteiger charge is -2.18. The third-order valence-corrected chi connectivity index (χ3v) is 4.78. The summed E-state index contributed by atoms with van der Waals surface area (Å²) in [6.45, 7) is 5.31. The Labute approximate surface area is 179 Å². The van der Waals surface area contributed by atoms with E-state index >= 15 is 0 Å². The molecule has 1 heterocycles. The third kappa shape index (κ3) is 4.61. The van der Waals surface area contributed by atoms with Crippen molar-refractivity contribution in [3.05, 3.63) is 82.4 Å². The lowest BCUT2D eigenvalue weighted by molar-refractivity contribution is -0.145. The molecular formula is C23H21FN4O3. The molecular weight excluding hydrogens is 399 g/mol. The van der Waals surface area contributed by atoms with Gasteiger partial charge in [0.15, 0.2) is 6.04 Å². The first-order chi connectivity index (χ1) is 14.8. The molecule has 3 rings (SSSR count). The second kappa shape index (κ2) is 9.22. The van der Waals surface area contributed by atoms with Crippen molar-refractivity contribution in [3.8, 4) is 11.8 Å². The minimum atomic E-state index is -1.09. The van der Waals surface area contributed by atoms with Crippen LogP contribution in [0.15, 0.2) is 48.5 Å². The second-order valence-corrected chi connectivity index (χ2v) is 6.82. The van der Waals surface area contributed by atoms with Crippen LogP contribution in [0.2, 0.25) is 0 Å². The van der Waals surface area contributed by atoms with Crippen LogP contribution in [-0.4, -0.2) is 28.3 Å². The van der Waals surface area contributed by atoms with Gasteiger partial charge in [-0.25, -0.2) is 13.9 Å². The summed E-state index contributed by atoms with van der Waals surface area (Å²) in [5, 5.41) is 16.1. The van der Waals surface area contributed by atoms with Gasteiger partial charge in [0, 0.05) is 16.8 Å². The molecule has 0 aliphatic carbocycles. The van der Waals surface area contributed by atoms with Crippen molar-refractivity contribution < 1.29 is 18.7 Å². The minimum absolute atomic E-state index is 0.145. The van der Waals surface area contributed by atoms with Gasteiger partial charge < -0.3 is 10.1 Å². The molecule has 0 bridgehead atoms. The van der Waals surface area contributed by atoms with Crippen molar-refractivity contribution in [2.24, 2.45) is 0 Å². The molecule has 1 aromatic heterocycles. The van der Waals surface area contributed by atoms with Gasteiger partial charge in [-0.05, 0) is 69.3 Å². The molecule has 1 amide bonds. The van der Waals surface area contributed by atoms with E-state index in [1.165, 1.54) is 36.4 Å². The summed E-state index contributed by atoms with van der Waals surface area (Å²) in [6.07, 6.45) is 0. The SMILES string of the molecule is CCOC(=O)[C@@H](NC(=O)c1ccc(C#N)cc1)c1c(C)nn(-c2ccc(F)cc2)c1C. The molecule has 0 fully saturated rings. The van der Waals surface area contributed by atoms with Crippen molar-refractivity contribution >= 4 is 11.9 Å². The van der Waals surface area contributed by atoms with Crippen molar-refractivity contribution in [1.82, 2.24) is 15.1 Å². The van der Waals surface area contributed by atoms with Crippen LogP contribution in [0.4, 0.5) is 4.39 Å². The third-order valence-electron chi connectivity index (χ3n) is 4.78. The van der Waals surface area contributed by atoms with Gasteiger partial charge in [0.2, 0.25) is 0 Å². The lowest BCUT2D eigenvalue weighted by Crippen LogP contribution is -2.35. The monoisotopic (exact) mass is 420 g/mol. The zero-order valence-electron chi connectivity index (χ0n) is 17.3. The number of amides is 1. The standard InChI is InChI=1S/C23H21FN4O3/c1-4-31-23(30)21(26-22(29)17-7-5-16(13-25)6-8-17)20-14(2)27-28(15(20)3)19-11-9-18(24)10-12-19/h5-12,21H,4H2,1-3H3,(H,26,29)/t21-/m0/s1. The summed E-state index contributed by atoms with van der Waals surface area (Å²) in [5.41, 5.74) is 2.99. The molecule has 7 nitrogen and oxygen atoms in total. The molecule has 0 aliphatic rings. The van der Waals surface area contributed by atoms with Crippen molar-refractivity contribution in [1.29, 1.82) is 5.26 Å². The van der Waals surface area contributed by atoms with Gasteiger partial charge >= 0.3 is 5.97 Å². The topological polar surface area (TPSA) is 97.0 Å². The quantitative estimate of drug-likeness (QED) is 0.616. The van der Waals surface area contributed by atoms with E-state index in [1.807, 2.05) is 6.07 Å². The summed E-state index contributed by atoms with van der Waals surface area (Å²) in [4.78, 5) is 25.5. The van der Waals surface area contributed by atoms with Crippen molar-refractivity contribution in [2.45, 2.75) is 26.8 Å². The number of hydrogen-bond donors (Lipinski definition) is 1. The van der Waals surface area contributed by atoms with Gasteiger partial charge in [-0.15, -0.1) is 0 Å². The van der Waals surface area contributed by atoms with Crippen LogP contribution in [-0.2, 0) is 9.53 Å². The van der Waals surface area contributed by atoms with Crippen molar-refractivity contribution in [2.75, 3.05) is 6.61 Å². The van der Waals surface area contributed by atoms with Crippen molar-refractivity contribution in [3.63, 3.8) is 0 Å². The Morgan fingerprint density at radius 3 is 2.39 bits per heavy atom. The average Bonchev–Trinajstić information content (AvgIpc) is 3.06. The maximum absolute atomic E-state index is 13.3. The van der Waals surface area contributed by atoms with E-state index < -0.39 is 17.9 Å². The van der Waals surface area contributed by atoms with Crippen LogP contribution >= 0.6 is 0 Å². The van der Waals surface area contributed by atoms with E-state index in [2.05, 4.69) is 10.4 Å². The Morgan fingerprint density at radius 1 is 1.16 bits per heavy atom. The van der Waals surface area contributed by atoms with Crippen LogP contribution in [0.5, 0.6) is 0 Å². The number of benzene rings is 2. The molecule has 31 heavy (non-hydrogen) atoms. The minimum Gasteiger partial charge on any atom is -0.464 e. The first kappa shape index (κ1) is 21.7. The van der Waals surface area contributed by atoms with E-state index in [9.17, 15) is 14.0 Å². The zero-order valence-corrected chi connectivity index (χ0v) is 17.3. The number of nitriles is 1. The summed E-state index contributed by atoms with van der Waals surface area (Å²) < 4.78 is 20.1. The molecule has 3 aromatic rings. The predicted octanol–water partition coefficient (Wildman–Crippen LogP) is 3.53. The van der Waals surface area contributed by atoms with Crippen LogP contribution in [0, 0.1) is 31.0 Å². The molecule has 2 aromatic carbocycles. The molecule has 158 valence electrons. The largest absolute Gasteiger partial charge is 0.464 e. The van der Waals surface area contributed by atoms with Gasteiger partial charge in [-0.2, -0.15) is 10.4 Å². The highest BCUT2D eigenvalue weighted by atomic mass is 19.1. The van der Waals surface area contributed by atoms with E-state index in [4.69, 9.17) is 10.00 Å². The second-order valence-electron chi connectivity index (χ2n) is 6.82. The Balaban J connectivity index is 1.99. The molecule has 0 unspecified atom stereocenters. The maximum Gasteiger partial charge on any atom is 0.333 e. The summed E-state index contributed by atoms with van der Waals surface area (Å²) in [7, 11) is 0. The Kier molecular flexibility index (Phi) is 6.46. The summed E-state index contributed by atoms with van der Waals surface area (Å²) in [5.74, 6) is -1.48. The van der Waals surface area contributed by atoms with Gasteiger partial charge in [0.1, 0.15) is 5.82 Å². The number of aryl methyl sites for hydroxylation is 1. The van der Waals surface area contributed by atoms with Gasteiger partial charge in [0.05, 0.1) is 29.6 Å². The number of hydrogen-bond acceptors (Lipinski definition) is 5. The van der Waals surface area contributed by atoms with Gasteiger partial charge in [-0.1, -0.05) is 0 Å². The Morgan fingerprint density at radius 2 is 1.81 bits per heavy atom. The van der Waals surface area contributed by atoms with Crippen LogP contribution < -0.4 is 5.32 Å². The average molecular weight is 420 g/mol. The van der Waals surface area contributed by atoms with Gasteiger partial charge in [-0.3, -0.25) is 4.79 Å². The first-order valence-electron chi connectivity index (χ1n) is 9.65. The summed E-state index contributed by atoms with van der Waals surface area (Å²) >= 11 is 0. The van der Waals surface area contributed by atoms with E-state index in [1.54, 1.807) is 37.6 Å². The van der Waals surface area contributed by atoms with Crippen LogP contribution in [0.3, 0.4) is 0 Å². The smallest absolute Gasteiger partial charge is 0.333 e. The fourth-order valence-electron chi connectivity index (χ4n) is 3.29. The van der Waals surface area contributed by atoms with E-state index in [-0.39, 0.29) is 12.4 Å². The van der Waals surface area contributed by atoms with E-state index in [0.717, 1.165) is 0 Å². The van der Waals surface area contributed by atoms with E-state index in [0.29, 0.717) is 33.8 Å². The number of esters is 1. The Hall–Kier alpha value is -3.99. The fraction of sp³-hybridized carbons (Fsp3) is 0.217. The van der Waals surface area contributed by atoms with Gasteiger partial charge in [0.25, 0.3) is 5.91 Å². The molecule has 0 saturated heterocycles. The molecule has 0 radical (unpaired) electrons. The zero-order chi connectivity index (χ0) is 22.5. The summed E-state index contributed by atoms with van der Waals surface area (Å²) in [6, 6.07) is 12.8. The van der Waals surface area contributed by atoms with Crippen LogP contribution in [0.25, 0.3) is 5.69 Å². The molecule has 1 atom stereocenters. The molecule has 1 N–H and O–H groups in total. The molecule has 0 saturated carbocycles. The maximum atomic E-state index is 13.3. The Bertz CT molecular complexity index is 1150. The number of halogens is 1. The number of carbonyl (C=O) groups excluding carboxylic acids is 2. The highest BCUT2D eigenvalue weighted by Gasteiger charge is 2.30. The molecule has 0 aliphatic heterocycles. The number of aromatic nitrogens is 2. The number of rotatable bonds is 6. The normalized spacial score (nSPS) is 11.5. The molecule has 0 spiro atoms. The highest BCUT2D eigenvalue weighted by molar-refractivity contribution is 5.97. The number of carbonyl (C=O) groups is 2. The number of nitrogens with one attached hydrogen (secondary N) is 1.